The van der Waals surface area contributed by atoms with Crippen molar-refractivity contribution in [1.82, 2.24) is 4.98 Å². The van der Waals surface area contributed by atoms with Gasteiger partial charge in [0, 0.05) is 18.9 Å². The molecule has 1 unspecified atom stereocenters. The van der Waals surface area contributed by atoms with Crippen molar-refractivity contribution in [3.05, 3.63) is 10.6 Å². The largest absolute Gasteiger partial charge is 0.477 e. The Balaban J connectivity index is 2.30. The number of carbonyl (C=O) groups excluding carboxylic acids is 1. The Hall–Kier alpha value is -1.87. The van der Waals surface area contributed by atoms with E-state index >= 15 is 0 Å². The summed E-state index contributed by atoms with van der Waals surface area (Å²) < 4.78 is 0. The molecule has 1 N–H and O–H groups in total. The normalized spacial score (nSPS) is 19.4. The molecule has 0 aromatic carbocycles. The monoisotopic (exact) mass is 250 g/mol. The number of hydrogen-bond donors (Lipinski definition) is 1. The number of nitrogens with zero attached hydrogens (tertiary/aromatic N) is 2. The van der Waals surface area contributed by atoms with Crippen LogP contribution >= 0.6 is 11.3 Å². The summed E-state index contributed by atoms with van der Waals surface area (Å²) >= 11 is 1.01. The Morgan fingerprint density at radius 2 is 2.41 bits per heavy atom. The Bertz CT molecular complexity index is 529. The van der Waals surface area contributed by atoms with E-state index in [0.717, 1.165) is 11.3 Å². The van der Waals surface area contributed by atoms with Crippen LogP contribution in [0.5, 0.6) is 0 Å². The smallest absolute Gasteiger partial charge is 0.347 e. The highest BCUT2D eigenvalue weighted by Gasteiger charge is 2.32. The minimum Gasteiger partial charge on any atom is -0.477 e. The third kappa shape index (κ3) is 2.01. The number of aromatic nitrogens is 1. The van der Waals surface area contributed by atoms with Gasteiger partial charge in [-0.05, 0) is 6.92 Å². The Morgan fingerprint density at radius 3 is 2.88 bits per heavy atom. The van der Waals surface area contributed by atoms with E-state index in [-0.39, 0.29) is 16.7 Å². The number of carboxylic acids is 1. The first kappa shape index (κ1) is 11.6. The highest BCUT2D eigenvalue weighted by Crippen LogP contribution is 2.30. The van der Waals surface area contributed by atoms with Crippen LogP contribution in [0.3, 0.4) is 0 Å². The van der Waals surface area contributed by atoms with Crippen LogP contribution in [0.4, 0.5) is 5.13 Å². The van der Waals surface area contributed by atoms with Gasteiger partial charge in [-0.3, -0.25) is 9.69 Å². The summed E-state index contributed by atoms with van der Waals surface area (Å²) in [5, 5.41) is 9.34. The number of carboxylic acid groups (broad SMARTS) is 1. The van der Waals surface area contributed by atoms with Gasteiger partial charge in [-0.2, -0.15) is 0 Å². The molecule has 1 saturated heterocycles. The van der Waals surface area contributed by atoms with Crippen molar-refractivity contribution >= 4 is 28.3 Å². The van der Waals surface area contributed by atoms with E-state index in [4.69, 9.17) is 11.5 Å². The topological polar surface area (TPSA) is 70.5 Å². The number of aromatic carboxylic acids is 1. The molecule has 5 nitrogen and oxygen atoms in total. The van der Waals surface area contributed by atoms with Gasteiger partial charge in [0.15, 0.2) is 5.13 Å². The zero-order valence-electron chi connectivity index (χ0n) is 9.14. The summed E-state index contributed by atoms with van der Waals surface area (Å²) in [4.78, 5) is 28.3. The molecule has 1 amide bonds. The van der Waals surface area contributed by atoms with Crippen LogP contribution in [0.1, 0.15) is 21.8 Å². The van der Waals surface area contributed by atoms with E-state index in [1.54, 1.807) is 6.92 Å². The molecule has 6 heteroatoms. The van der Waals surface area contributed by atoms with Crippen molar-refractivity contribution in [3.63, 3.8) is 0 Å². The summed E-state index contributed by atoms with van der Waals surface area (Å²) in [6.07, 6.45) is 5.58. The molecule has 0 saturated carbocycles. The van der Waals surface area contributed by atoms with Crippen LogP contribution in [-0.2, 0) is 4.79 Å². The molecule has 1 aliphatic rings. The van der Waals surface area contributed by atoms with Gasteiger partial charge in [-0.15, -0.1) is 12.3 Å². The summed E-state index contributed by atoms with van der Waals surface area (Å²) in [5.41, 5.74) is 0.425. The van der Waals surface area contributed by atoms with Gasteiger partial charge < -0.3 is 5.11 Å². The lowest BCUT2D eigenvalue weighted by atomic mass is 10.1. The fourth-order valence-electron chi connectivity index (χ4n) is 1.70. The van der Waals surface area contributed by atoms with Crippen LogP contribution in [0.15, 0.2) is 0 Å². The molecule has 1 aromatic heterocycles. The maximum Gasteiger partial charge on any atom is 0.347 e. The minimum absolute atomic E-state index is 0.0985. The van der Waals surface area contributed by atoms with Crippen molar-refractivity contribution < 1.29 is 14.7 Å². The molecule has 0 spiro atoms. The highest BCUT2D eigenvalue weighted by molar-refractivity contribution is 7.17. The Morgan fingerprint density at radius 1 is 1.71 bits per heavy atom. The predicted octanol–water partition coefficient (Wildman–Crippen LogP) is 1.14. The molecule has 17 heavy (non-hydrogen) atoms. The fourth-order valence-corrected chi connectivity index (χ4v) is 2.63. The molecule has 0 aliphatic carbocycles. The average molecular weight is 250 g/mol. The maximum atomic E-state index is 11.7. The second-order valence-corrected chi connectivity index (χ2v) is 4.77. The molecule has 1 aromatic rings. The number of anilines is 1. The quantitative estimate of drug-likeness (QED) is 0.799. The van der Waals surface area contributed by atoms with E-state index in [0.29, 0.717) is 23.8 Å². The summed E-state index contributed by atoms with van der Waals surface area (Å²) in [6.45, 7) is 2.03. The van der Waals surface area contributed by atoms with Crippen LogP contribution in [0.25, 0.3) is 0 Å². The predicted molar refractivity (Wildman–Crippen MR) is 63.1 cm³/mol. The van der Waals surface area contributed by atoms with Crippen LogP contribution in [0.2, 0.25) is 0 Å². The lowest BCUT2D eigenvalue weighted by molar-refractivity contribution is -0.117. The number of thiazole rings is 1. The second kappa shape index (κ2) is 4.18. The van der Waals surface area contributed by atoms with Gasteiger partial charge in [0.1, 0.15) is 4.88 Å². The molecule has 88 valence electrons. The molecule has 1 aliphatic heterocycles. The first-order valence-electron chi connectivity index (χ1n) is 5.00. The van der Waals surface area contributed by atoms with E-state index in [1.165, 1.54) is 4.90 Å². The SMILES string of the molecule is C#CC1CC(=O)N(c2nc(C)c(C(=O)O)s2)C1. The van der Waals surface area contributed by atoms with Gasteiger partial charge in [-0.25, -0.2) is 9.78 Å². The molecule has 0 bridgehead atoms. The third-order valence-electron chi connectivity index (χ3n) is 2.57. The zero-order chi connectivity index (χ0) is 12.6. The number of carbonyl (C=O) groups is 2. The third-order valence-corrected chi connectivity index (χ3v) is 3.74. The number of rotatable bonds is 2. The fraction of sp³-hybridized carbons (Fsp3) is 0.364. The molecular weight excluding hydrogens is 240 g/mol. The molecule has 1 atom stereocenters. The summed E-state index contributed by atoms with van der Waals surface area (Å²) in [6, 6.07) is 0. The van der Waals surface area contributed by atoms with Crippen molar-refractivity contribution in [3.8, 4) is 12.3 Å². The molecule has 1 fully saturated rings. The van der Waals surface area contributed by atoms with E-state index in [2.05, 4.69) is 10.9 Å². The molecule has 0 radical (unpaired) electrons. The van der Waals surface area contributed by atoms with E-state index < -0.39 is 5.97 Å². The maximum absolute atomic E-state index is 11.7. The van der Waals surface area contributed by atoms with Gasteiger partial charge >= 0.3 is 5.97 Å². The Kier molecular flexibility index (Phi) is 2.86. The number of terminal acetylenes is 1. The first-order chi connectivity index (χ1) is 8.02. The van der Waals surface area contributed by atoms with Gasteiger partial charge in [0.2, 0.25) is 5.91 Å². The number of amides is 1. The van der Waals surface area contributed by atoms with Gasteiger partial charge in [0.05, 0.1) is 5.69 Å². The molecular formula is C11H10N2O3S. The zero-order valence-corrected chi connectivity index (χ0v) is 9.95. The molecule has 2 heterocycles. The lowest BCUT2D eigenvalue weighted by Crippen LogP contribution is -2.24. The number of aryl methyl sites for hydroxylation is 1. The Labute approximate surface area is 102 Å². The minimum atomic E-state index is -1.02. The van der Waals surface area contributed by atoms with Crippen LogP contribution < -0.4 is 4.90 Å². The second-order valence-electron chi connectivity index (χ2n) is 3.79. The highest BCUT2D eigenvalue weighted by atomic mass is 32.1. The summed E-state index contributed by atoms with van der Waals surface area (Å²) in [7, 11) is 0. The van der Waals surface area contributed by atoms with E-state index in [1.807, 2.05) is 0 Å². The average Bonchev–Trinajstić information content (AvgIpc) is 2.81. The number of hydrogen-bond acceptors (Lipinski definition) is 4. The van der Waals surface area contributed by atoms with Gasteiger partial charge in [-0.1, -0.05) is 11.3 Å². The first-order valence-corrected chi connectivity index (χ1v) is 5.81. The van der Waals surface area contributed by atoms with Crippen LogP contribution in [0, 0.1) is 25.2 Å². The summed E-state index contributed by atoms with van der Waals surface area (Å²) in [5.74, 6) is 1.30. The van der Waals surface area contributed by atoms with Crippen LogP contribution in [-0.4, -0.2) is 28.5 Å². The lowest BCUT2D eigenvalue weighted by Gasteiger charge is -2.10. The van der Waals surface area contributed by atoms with Crippen molar-refractivity contribution in [2.75, 3.05) is 11.4 Å². The standard InChI is InChI=1S/C11H10N2O3S/c1-3-7-4-8(14)13(5-7)11-12-6(2)9(17-11)10(15)16/h1,7H,4-5H2,2H3,(H,15,16). The van der Waals surface area contributed by atoms with Crippen molar-refractivity contribution in [2.24, 2.45) is 5.92 Å². The van der Waals surface area contributed by atoms with Crippen molar-refractivity contribution in [2.45, 2.75) is 13.3 Å². The molecule has 2 rings (SSSR count). The van der Waals surface area contributed by atoms with Gasteiger partial charge in [0.25, 0.3) is 0 Å². The van der Waals surface area contributed by atoms with E-state index in [9.17, 15) is 9.59 Å². The van der Waals surface area contributed by atoms with Crippen molar-refractivity contribution in [1.29, 1.82) is 0 Å².